The van der Waals surface area contributed by atoms with Crippen molar-refractivity contribution in [2.24, 2.45) is 0 Å². The summed E-state index contributed by atoms with van der Waals surface area (Å²) in [5.41, 5.74) is 4.42. The lowest BCUT2D eigenvalue weighted by atomic mass is 10.0. The van der Waals surface area contributed by atoms with E-state index >= 15 is 0 Å². The molecule has 2 aromatic heterocycles. The van der Waals surface area contributed by atoms with Gasteiger partial charge in [-0.25, -0.2) is 9.97 Å². The molecule has 130 valence electrons. The van der Waals surface area contributed by atoms with Gasteiger partial charge in [-0.15, -0.1) is 0 Å². The standard InChI is InChI=1S/C22H17N5/c1-27(2)22-19-12-17(16-6-3-5-15(11-16)13-23)8-9-20(19)25-21(26-22)18-7-4-10-24-14-18/h3-12,14H,1-2H3. The molecule has 0 saturated heterocycles. The summed E-state index contributed by atoms with van der Waals surface area (Å²) in [6.07, 6.45) is 3.50. The molecule has 0 atom stereocenters. The predicted octanol–water partition coefficient (Wildman–Crippen LogP) is 4.30. The number of fused-ring (bicyclic) bond motifs is 1. The van der Waals surface area contributed by atoms with Gasteiger partial charge >= 0.3 is 0 Å². The van der Waals surface area contributed by atoms with Crippen molar-refractivity contribution in [3.63, 3.8) is 0 Å². The Bertz CT molecular complexity index is 1160. The first-order valence-electron chi connectivity index (χ1n) is 8.56. The Kier molecular flexibility index (Phi) is 4.23. The van der Waals surface area contributed by atoms with Crippen LogP contribution in [0.1, 0.15) is 5.56 Å². The fourth-order valence-corrected chi connectivity index (χ4v) is 3.03. The van der Waals surface area contributed by atoms with E-state index in [1.165, 1.54) is 0 Å². The van der Waals surface area contributed by atoms with E-state index in [1.807, 2.05) is 61.5 Å². The predicted molar refractivity (Wildman–Crippen MR) is 107 cm³/mol. The van der Waals surface area contributed by atoms with Gasteiger partial charge in [-0.1, -0.05) is 18.2 Å². The van der Waals surface area contributed by atoms with Crippen LogP contribution in [0.25, 0.3) is 33.4 Å². The van der Waals surface area contributed by atoms with Crippen LogP contribution < -0.4 is 4.90 Å². The molecule has 0 aliphatic rings. The Morgan fingerprint density at radius 2 is 1.70 bits per heavy atom. The number of benzene rings is 2. The maximum absolute atomic E-state index is 9.15. The van der Waals surface area contributed by atoms with E-state index in [-0.39, 0.29) is 0 Å². The van der Waals surface area contributed by atoms with Crippen LogP contribution >= 0.6 is 0 Å². The molecule has 5 heteroatoms. The van der Waals surface area contributed by atoms with E-state index in [0.29, 0.717) is 11.4 Å². The zero-order valence-electron chi connectivity index (χ0n) is 15.1. The number of aromatic nitrogens is 3. The summed E-state index contributed by atoms with van der Waals surface area (Å²) in [7, 11) is 3.94. The highest BCUT2D eigenvalue weighted by Crippen LogP contribution is 2.30. The summed E-state index contributed by atoms with van der Waals surface area (Å²) in [6.45, 7) is 0. The van der Waals surface area contributed by atoms with Crippen molar-refractivity contribution in [3.8, 4) is 28.6 Å². The minimum Gasteiger partial charge on any atom is -0.362 e. The summed E-state index contributed by atoms with van der Waals surface area (Å²) < 4.78 is 0. The fourth-order valence-electron chi connectivity index (χ4n) is 3.03. The van der Waals surface area contributed by atoms with Crippen molar-refractivity contribution >= 4 is 16.7 Å². The molecule has 0 fully saturated rings. The van der Waals surface area contributed by atoms with Gasteiger partial charge in [0.05, 0.1) is 17.1 Å². The average molecular weight is 351 g/mol. The Morgan fingerprint density at radius 1 is 0.889 bits per heavy atom. The normalized spacial score (nSPS) is 10.6. The Hall–Kier alpha value is -3.78. The summed E-state index contributed by atoms with van der Waals surface area (Å²) in [6, 6.07) is 19.7. The molecule has 4 aromatic rings. The molecule has 0 spiro atoms. The van der Waals surface area contributed by atoms with Crippen molar-refractivity contribution in [1.82, 2.24) is 15.0 Å². The molecule has 0 N–H and O–H groups in total. The number of rotatable bonds is 3. The molecule has 0 amide bonds. The molecule has 4 rings (SSSR count). The van der Waals surface area contributed by atoms with Gasteiger partial charge in [0, 0.05) is 37.4 Å². The second-order valence-corrected chi connectivity index (χ2v) is 6.43. The highest BCUT2D eigenvalue weighted by Gasteiger charge is 2.12. The van der Waals surface area contributed by atoms with Gasteiger partial charge in [0.25, 0.3) is 0 Å². The van der Waals surface area contributed by atoms with Gasteiger partial charge in [-0.2, -0.15) is 5.26 Å². The zero-order chi connectivity index (χ0) is 18.8. The van der Waals surface area contributed by atoms with Gasteiger partial charge in [0.1, 0.15) is 5.82 Å². The molecule has 0 unspecified atom stereocenters. The maximum Gasteiger partial charge on any atom is 0.163 e. The topological polar surface area (TPSA) is 65.7 Å². The molecule has 0 aliphatic heterocycles. The highest BCUT2D eigenvalue weighted by molar-refractivity contribution is 5.94. The van der Waals surface area contributed by atoms with Crippen LogP contribution in [-0.2, 0) is 0 Å². The van der Waals surface area contributed by atoms with E-state index in [1.54, 1.807) is 18.5 Å². The molecule has 2 heterocycles. The lowest BCUT2D eigenvalue weighted by molar-refractivity contribution is 1.06. The quantitative estimate of drug-likeness (QED) is 0.551. The lowest BCUT2D eigenvalue weighted by Crippen LogP contribution is -2.12. The number of pyridine rings is 1. The van der Waals surface area contributed by atoms with Gasteiger partial charge in [-0.3, -0.25) is 4.98 Å². The maximum atomic E-state index is 9.15. The van der Waals surface area contributed by atoms with E-state index in [0.717, 1.165) is 33.4 Å². The van der Waals surface area contributed by atoms with Crippen molar-refractivity contribution in [1.29, 1.82) is 5.26 Å². The molecular formula is C22H17N5. The van der Waals surface area contributed by atoms with Crippen LogP contribution in [0.4, 0.5) is 5.82 Å². The Labute approximate surface area is 157 Å². The van der Waals surface area contributed by atoms with Crippen molar-refractivity contribution in [2.75, 3.05) is 19.0 Å². The van der Waals surface area contributed by atoms with Crippen LogP contribution in [-0.4, -0.2) is 29.0 Å². The summed E-state index contributed by atoms with van der Waals surface area (Å²) in [4.78, 5) is 15.6. The fraction of sp³-hybridized carbons (Fsp3) is 0.0909. The third kappa shape index (κ3) is 3.21. The van der Waals surface area contributed by atoms with Gasteiger partial charge < -0.3 is 4.90 Å². The average Bonchev–Trinajstić information content (AvgIpc) is 2.73. The van der Waals surface area contributed by atoms with Crippen molar-refractivity contribution in [2.45, 2.75) is 0 Å². The Morgan fingerprint density at radius 3 is 2.44 bits per heavy atom. The summed E-state index contributed by atoms with van der Waals surface area (Å²) >= 11 is 0. The van der Waals surface area contributed by atoms with Gasteiger partial charge in [0.2, 0.25) is 0 Å². The molecule has 0 radical (unpaired) electrons. The molecule has 0 aliphatic carbocycles. The lowest BCUT2D eigenvalue weighted by Gasteiger charge is -2.16. The largest absolute Gasteiger partial charge is 0.362 e. The molecular weight excluding hydrogens is 334 g/mol. The van der Waals surface area contributed by atoms with Crippen LogP contribution in [0, 0.1) is 11.3 Å². The summed E-state index contributed by atoms with van der Waals surface area (Å²) in [5, 5.41) is 10.1. The van der Waals surface area contributed by atoms with Gasteiger partial charge in [0.15, 0.2) is 5.82 Å². The van der Waals surface area contributed by atoms with E-state index in [4.69, 9.17) is 15.2 Å². The first kappa shape index (κ1) is 16.7. The minimum atomic E-state index is 0.642. The monoisotopic (exact) mass is 351 g/mol. The van der Waals surface area contributed by atoms with Crippen molar-refractivity contribution < 1.29 is 0 Å². The third-order valence-electron chi connectivity index (χ3n) is 4.34. The van der Waals surface area contributed by atoms with Gasteiger partial charge in [-0.05, 0) is 47.5 Å². The second-order valence-electron chi connectivity index (χ2n) is 6.43. The first-order valence-corrected chi connectivity index (χ1v) is 8.56. The summed E-state index contributed by atoms with van der Waals surface area (Å²) in [5.74, 6) is 1.50. The van der Waals surface area contributed by atoms with Crippen LogP contribution in [0.5, 0.6) is 0 Å². The van der Waals surface area contributed by atoms with Crippen LogP contribution in [0.3, 0.4) is 0 Å². The number of anilines is 1. The number of nitrogens with zero attached hydrogens (tertiary/aromatic N) is 5. The van der Waals surface area contributed by atoms with E-state index in [9.17, 15) is 0 Å². The zero-order valence-corrected chi connectivity index (χ0v) is 15.1. The van der Waals surface area contributed by atoms with E-state index in [2.05, 4.69) is 17.1 Å². The highest BCUT2D eigenvalue weighted by atomic mass is 15.2. The SMILES string of the molecule is CN(C)c1nc(-c2cccnc2)nc2ccc(-c3cccc(C#N)c3)cc12. The molecule has 0 saturated carbocycles. The van der Waals surface area contributed by atoms with Crippen LogP contribution in [0.2, 0.25) is 0 Å². The molecule has 5 nitrogen and oxygen atoms in total. The minimum absolute atomic E-state index is 0.642. The Balaban J connectivity index is 1.91. The smallest absolute Gasteiger partial charge is 0.163 e. The number of hydrogen-bond acceptors (Lipinski definition) is 5. The van der Waals surface area contributed by atoms with Crippen LogP contribution in [0.15, 0.2) is 67.0 Å². The number of nitriles is 1. The van der Waals surface area contributed by atoms with Crippen molar-refractivity contribution in [3.05, 3.63) is 72.6 Å². The first-order chi connectivity index (χ1) is 13.2. The molecule has 2 aromatic carbocycles. The number of hydrogen-bond donors (Lipinski definition) is 0. The van der Waals surface area contributed by atoms with E-state index < -0.39 is 0 Å². The molecule has 0 bridgehead atoms. The third-order valence-corrected chi connectivity index (χ3v) is 4.34. The molecule has 27 heavy (non-hydrogen) atoms. The second kappa shape index (κ2) is 6.85.